The maximum Gasteiger partial charge on any atom is 0.138 e. The number of aromatic nitrogens is 2. The highest BCUT2D eigenvalue weighted by atomic mass is 35.5. The second kappa shape index (κ2) is 6.06. The van der Waals surface area contributed by atoms with E-state index in [1.807, 2.05) is 0 Å². The summed E-state index contributed by atoms with van der Waals surface area (Å²) in [6.07, 6.45) is 4.01. The average Bonchev–Trinajstić information content (AvgIpc) is 2.37. The third kappa shape index (κ3) is 3.18. The Hall–Kier alpha value is -0.870. The van der Waals surface area contributed by atoms with Gasteiger partial charge in [-0.3, -0.25) is 0 Å². The molecule has 0 N–H and O–H groups in total. The topological polar surface area (TPSA) is 32.3 Å². The highest BCUT2D eigenvalue weighted by molar-refractivity contribution is 6.30. The Labute approximate surface area is 120 Å². The lowest BCUT2D eigenvalue weighted by atomic mass is 10.0. The quantitative estimate of drug-likeness (QED) is 0.798. The van der Waals surface area contributed by atoms with Gasteiger partial charge in [-0.05, 0) is 32.4 Å². The first-order valence-electron chi connectivity index (χ1n) is 6.92. The van der Waals surface area contributed by atoms with E-state index in [-0.39, 0.29) is 0 Å². The molecule has 1 aliphatic heterocycles. The van der Waals surface area contributed by atoms with Gasteiger partial charge in [0, 0.05) is 25.2 Å². The largest absolute Gasteiger partial charge is 0.355 e. The van der Waals surface area contributed by atoms with Crippen LogP contribution in [0.15, 0.2) is 6.33 Å². The summed E-state index contributed by atoms with van der Waals surface area (Å²) in [7, 11) is 4.30. The second-order valence-electron chi connectivity index (χ2n) is 5.73. The van der Waals surface area contributed by atoms with Crippen molar-refractivity contribution in [3.63, 3.8) is 0 Å². The van der Waals surface area contributed by atoms with Crippen LogP contribution in [0.4, 0.5) is 5.82 Å². The summed E-state index contributed by atoms with van der Waals surface area (Å²) >= 11 is 6.25. The van der Waals surface area contributed by atoms with Crippen LogP contribution < -0.4 is 4.90 Å². The molecule has 1 fully saturated rings. The molecule has 19 heavy (non-hydrogen) atoms. The van der Waals surface area contributed by atoms with E-state index >= 15 is 0 Å². The summed E-state index contributed by atoms with van der Waals surface area (Å²) < 4.78 is 0. The van der Waals surface area contributed by atoms with E-state index in [1.54, 1.807) is 6.33 Å². The van der Waals surface area contributed by atoms with Crippen LogP contribution in [0.1, 0.15) is 38.2 Å². The van der Waals surface area contributed by atoms with Crippen molar-refractivity contribution in [1.29, 1.82) is 0 Å². The molecule has 5 heteroatoms. The summed E-state index contributed by atoms with van der Waals surface area (Å²) in [5.74, 6) is 1.31. The number of likely N-dealkylation sites (tertiary alicyclic amines) is 1. The molecular formula is C14H23ClN4. The molecule has 0 spiro atoms. The number of hydrogen-bond donors (Lipinski definition) is 0. The standard InChI is InChI=1S/C14H23ClN4/c1-10(2)12-13(15)16-9-17-14(12)19(4)11-6-5-7-18(3)8-11/h9-11H,5-8H2,1-4H3. The van der Waals surface area contributed by atoms with E-state index in [0.717, 1.165) is 17.9 Å². The summed E-state index contributed by atoms with van der Waals surface area (Å²) in [6, 6.07) is 0.502. The SMILES string of the molecule is CC(C)c1c(Cl)ncnc1N(C)C1CCCN(C)C1. The first kappa shape index (κ1) is 14.5. The van der Waals surface area contributed by atoms with E-state index in [9.17, 15) is 0 Å². The Kier molecular flexibility index (Phi) is 4.63. The normalized spacial score (nSPS) is 20.8. The van der Waals surface area contributed by atoms with Gasteiger partial charge in [-0.15, -0.1) is 0 Å². The fraction of sp³-hybridized carbons (Fsp3) is 0.714. The maximum atomic E-state index is 6.25. The minimum Gasteiger partial charge on any atom is -0.355 e. The number of piperidine rings is 1. The van der Waals surface area contributed by atoms with Crippen LogP contribution in [0.3, 0.4) is 0 Å². The molecule has 1 aliphatic rings. The van der Waals surface area contributed by atoms with Gasteiger partial charge in [0.15, 0.2) is 0 Å². The Balaban J connectivity index is 2.28. The molecule has 1 saturated heterocycles. The molecular weight excluding hydrogens is 260 g/mol. The first-order valence-corrected chi connectivity index (χ1v) is 7.30. The van der Waals surface area contributed by atoms with Crippen LogP contribution in [0.5, 0.6) is 0 Å². The van der Waals surface area contributed by atoms with Crippen LogP contribution in [0.2, 0.25) is 5.15 Å². The van der Waals surface area contributed by atoms with Gasteiger partial charge in [-0.25, -0.2) is 9.97 Å². The maximum absolute atomic E-state index is 6.25. The van der Waals surface area contributed by atoms with E-state index < -0.39 is 0 Å². The summed E-state index contributed by atoms with van der Waals surface area (Å²) in [6.45, 7) is 6.53. The van der Waals surface area contributed by atoms with Crippen LogP contribution in [0, 0.1) is 0 Å². The molecule has 1 aromatic heterocycles. The molecule has 4 nitrogen and oxygen atoms in total. The highest BCUT2D eigenvalue weighted by Gasteiger charge is 2.25. The summed E-state index contributed by atoms with van der Waals surface area (Å²) in [4.78, 5) is 13.2. The van der Waals surface area contributed by atoms with E-state index in [2.05, 4.69) is 47.7 Å². The molecule has 0 bridgehead atoms. The van der Waals surface area contributed by atoms with Crippen LogP contribution in [-0.4, -0.2) is 48.1 Å². The number of anilines is 1. The van der Waals surface area contributed by atoms with Crippen LogP contribution in [-0.2, 0) is 0 Å². The van der Waals surface area contributed by atoms with E-state index in [4.69, 9.17) is 11.6 Å². The number of rotatable bonds is 3. The van der Waals surface area contributed by atoms with Crippen molar-refractivity contribution >= 4 is 17.4 Å². The van der Waals surface area contributed by atoms with E-state index in [1.165, 1.54) is 19.4 Å². The fourth-order valence-electron chi connectivity index (χ4n) is 2.77. The van der Waals surface area contributed by atoms with Crippen LogP contribution >= 0.6 is 11.6 Å². The van der Waals surface area contributed by atoms with E-state index in [0.29, 0.717) is 17.1 Å². The molecule has 0 aromatic carbocycles. The minimum absolute atomic E-state index is 0.326. The minimum atomic E-state index is 0.326. The van der Waals surface area contributed by atoms with Crippen molar-refractivity contribution in [2.45, 2.75) is 38.6 Å². The summed E-state index contributed by atoms with van der Waals surface area (Å²) in [5.41, 5.74) is 1.06. The van der Waals surface area contributed by atoms with Gasteiger partial charge in [-0.2, -0.15) is 0 Å². The Morgan fingerprint density at radius 2 is 2.16 bits per heavy atom. The smallest absolute Gasteiger partial charge is 0.138 e. The van der Waals surface area contributed by atoms with Crippen LogP contribution in [0.25, 0.3) is 0 Å². The Morgan fingerprint density at radius 3 is 2.79 bits per heavy atom. The van der Waals surface area contributed by atoms with Gasteiger partial charge >= 0.3 is 0 Å². The lowest BCUT2D eigenvalue weighted by Crippen LogP contribution is -2.45. The predicted molar refractivity (Wildman–Crippen MR) is 80.1 cm³/mol. The van der Waals surface area contributed by atoms with Crippen molar-refractivity contribution < 1.29 is 0 Å². The lowest BCUT2D eigenvalue weighted by molar-refractivity contribution is 0.247. The molecule has 106 valence electrons. The van der Waals surface area contributed by atoms with Gasteiger partial charge in [-0.1, -0.05) is 25.4 Å². The molecule has 1 atom stereocenters. The Morgan fingerprint density at radius 1 is 1.42 bits per heavy atom. The fourth-order valence-corrected chi connectivity index (χ4v) is 3.12. The molecule has 2 heterocycles. The Bertz CT molecular complexity index is 435. The molecule has 1 unspecified atom stereocenters. The second-order valence-corrected chi connectivity index (χ2v) is 6.08. The van der Waals surface area contributed by atoms with Crippen molar-refractivity contribution in [2.75, 3.05) is 32.1 Å². The predicted octanol–water partition coefficient (Wildman–Crippen LogP) is 2.78. The monoisotopic (exact) mass is 282 g/mol. The van der Waals surface area contributed by atoms with Gasteiger partial charge in [0.2, 0.25) is 0 Å². The summed E-state index contributed by atoms with van der Waals surface area (Å²) in [5, 5.41) is 0.580. The number of hydrogen-bond acceptors (Lipinski definition) is 4. The van der Waals surface area contributed by atoms with Crippen molar-refractivity contribution in [3.05, 3.63) is 17.0 Å². The average molecular weight is 283 g/mol. The van der Waals surface area contributed by atoms with Gasteiger partial charge in [0.25, 0.3) is 0 Å². The molecule has 2 rings (SSSR count). The van der Waals surface area contributed by atoms with Crippen molar-refractivity contribution in [1.82, 2.24) is 14.9 Å². The van der Waals surface area contributed by atoms with Gasteiger partial charge in [0.1, 0.15) is 17.3 Å². The third-order valence-corrected chi connectivity index (χ3v) is 4.17. The molecule has 1 aromatic rings. The highest BCUT2D eigenvalue weighted by Crippen LogP contribution is 2.31. The first-order chi connectivity index (χ1) is 9.00. The number of likely N-dealkylation sites (N-methyl/N-ethyl adjacent to an activating group) is 2. The zero-order valence-electron chi connectivity index (χ0n) is 12.2. The zero-order valence-corrected chi connectivity index (χ0v) is 13.0. The molecule has 0 aliphatic carbocycles. The molecule has 0 saturated carbocycles. The van der Waals surface area contributed by atoms with Crippen molar-refractivity contribution in [2.24, 2.45) is 0 Å². The van der Waals surface area contributed by atoms with Gasteiger partial charge < -0.3 is 9.80 Å². The molecule has 0 amide bonds. The number of nitrogens with zero attached hydrogens (tertiary/aromatic N) is 4. The molecule has 0 radical (unpaired) electrons. The van der Waals surface area contributed by atoms with Gasteiger partial charge in [0.05, 0.1) is 0 Å². The zero-order chi connectivity index (χ0) is 14.0. The number of halogens is 1. The third-order valence-electron chi connectivity index (χ3n) is 3.87. The van der Waals surface area contributed by atoms with Crippen molar-refractivity contribution in [3.8, 4) is 0 Å². The lowest BCUT2D eigenvalue weighted by Gasteiger charge is -2.37.